The number of para-hydroxylation sites is 1. The molecule has 0 spiro atoms. The maximum absolute atomic E-state index is 11.4. The van der Waals surface area contributed by atoms with Crippen LogP contribution in [0.3, 0.4) is 0 Å². The van der Waals surface area contributed by atoms with E-state index in [1.54, 1.807) is 11.3 Å². The molecule has 1 aromatic carbocycles. The predicted molar refractivity (Wildman–Crippen MR) is 77.0 cm³/mol. The number of aliphatic carboxylic acids is 1. The van der Waals surface area contributed by atoms with Crippen molar-refractivity contribution in [1.29, 1.82) is 0 Å². The number of anilines is 1. The van der Waals surface area contributed by atoms with E-state index in [0.717, 1.165) is 40.3 Å². The van der Waals surface area contributed by atoms with E-state index < -0.39 is 12.0 Å². The van der Waals surface area contributed by atoms with Gasteiger partial charge in [0.25, 0.3) is 0 Å². The second kappa shape index (κ2) is 4.81. The lowest BCUT2D eigenvalue weighted by Gasteiger charge is -2.32. The largest absolute Gasteiger partial charge is 0.480 e. The zero-order chi connectivity index (χ0) is 13.4. The summed E-state index contributed by atoms with van der Waals surface area (Å²) >= 11 is 1.59. The minimum Gasteiger partial charge on any atom is -0.480 e. The molecule has 1 N–H and O–H groups in total. The van der Waals surface area contributed by atoms with E-state index in [-0.39, 0.29) is 0 Å². The maximum Gasteiger partial charge on any atom is 0.326 e. The molecule has 0 bridgehead atoms. The molecule has 5 heteroatoms. The number of piperidine rings is 1. The number of hydrogen-bond acceptors (Lipinski definition) is 4. The molecule has 1 aliphatic rings. The molecule has 1 unspecified atom stereocenters. The van der Waals surface area contributed by atoms with Crippen LogP contribution in [0.5, 0.6) is 0 Å². The summed E-state index contributed by atoms with van der Waals surface area (Å²) in [4.78, 5) is 18.0. The molecule has 100 valence electrons. The van der Waals surface area contributed by atoms with Gasteiger partial charge in [-0.1, -0.05) is 23.5 Å². The number of aromatic nitrogens is 1. The lowest BCUT2D eigenvalue weighted by atomic mass is 10.0. The molecule has 0 radical (unpaired) electrons. The Morgan fingerprint density at radius 2 is 2.32 bits per heavy atom. The van der Waals surface area contributed by atoms with Crippen molar-refractivity contribution in [3.05, 3.63) is 23.8 Å². The minimum absolute atomic E-state index is 0.422. The van der Waals surface area contributed by atoms with E-state index in [0.29, 0.717) is 6.42 Å². The van der Waals surface area contributed by atoms with E-state index in [1.165, 1.54) is 0 Å². The van der Waals surface area contributed by atoms with Gasteiger partial charge in [0.15, 0.2) is 5.13 Å². The molecule has 2 heterocycles. The normalized spacial score (nSPS) is 19.8. The summed E-state index contributed by atoms with van der Waals surface area (Å²) in [6.07, 6.45) is 2.74. The van der Waals surface area contributed by atoms with Crippen LogP contribution in [-0.4, -0.2) is 28.6 Å². The fourth-order valence-corrected chi connectivity index (χ4v) is 3.73. The van der Waals surface area contributed by atoms with Gasteiger partial charge in [-0.3, -0.25) is 0 Å². The first kappa shape index (κ1) is 12.4. The van der Waals surface area contributed by atoms with Crippen molar-refractivity contribution >= 4 is 32.7 Å². The number of aryl methyl sites for hydroxylation is 1. The fraction of sp³-hybridized carbons (Fsp3) is 0.429. The van der Waals surface area contributed by atoms with Crippen molar-refractivity contribution in [2.75, 3.05) is 11.4 Å². The molecule has 0 aliphatic carbocycles. The number of carbonyl (C=O) groups is 1. The molecule has 3 rings (SSSR count). The van der Waals surface area contributed by atoms with Gasteiger partial charge in [-0.05, 0) is 37.8 Å². The average molecular weight is 276 g/mol. The average Bonchev–Trinajstić information content (AvgIpc) is 2.84. The third-order valence-electron chi connectivity index (χ3n) is 3.64. The number of hydrogen-bond donors (Lipinski definition) is 1. The van der Waals surface area contributed by atoms with Gasteiger partial charge in [0, 0.05) is 6.54 Å². The molecular weight excluding hydrogens is 260 g/mol. The molecule has 1 atom stereocenters. The second-order valence-corrected chi connectivity index (χ2v) is 5.97. The number of rotatable bonds is 2. The zero-order valence-corrected chi connectivity index (χ0v) is 11.6. The predicted octanol–water partition coefficient (Wildman–Crippen LogP) is 3.05. The Balaban J connectivity index is 2.02. The van der Waals surface area contributed by atoms with Gasteiger partial charge in [0.2, 0.25) is 0 Å². The molecule has 0 amide bonds. The zero-order valence-electron chi connectivity index (χ0n) is 10.8. The smallest absolute Gasteiger partial charge is 0.326 e. The molecule has 1 aliphatic heterocycles. The van der Waals surface area contributed by atoms with Crippen molar-refractivity contribution in [2.24, 2.45) is 0 Å². The van der Waals surface area contributed by atoms with Crippen molar-refractivity contribution in [2.45, 2.75) is 32.2 Å². The topological polar surface area (TPSA) is 53.4 Å². The highest BCUT2D eigenvalue weighted by molar-refractivity contribution is 7.22. The van der Waals surface area contributed by atoms with Gasteiger partial charge in [-0.2, -0.15) is 0 Å². The number of nitrogens with zero attached hydrogens (tertiary/aromatic N) is 2. The number of fused-ring (bicyclic) bond motifs is 1. The first-order chi connectivity index (χ1) is 9.16. The first-order valence-corrected chi connectivity index (χ1v) is 7.34. The van der Waals surface area contributed by atoms with E-state index in [9.17, 15) is 9.90 Å². The Morgan fingerprint density at radius 3 is 3.05 bits per heavy atom. The van der Waals surface area contributed by atoms with Gasteiger partial charge < -0.3 is 10.0 Å². The first-order valence-electron chi connectivity index (χ1n) is 6.52. The highest BCUT2D eigenvalue weighted by atomic mass is 32.1. The van der Waals surface area contributed by atoms with Crippen LogP contribution in [0.2, 0.25) is 0 Å². The Bertz CT molecular complexity index is 623. The van der Waals surface area contributed by atoms with Crippen LogP contribution in [0.4, 0.5) is 5.13 Å². The van der Waals surface area contributed by atoms with Crippen LogP contribution in [0.25, 0.3) is 10.2 Å². The van der Waals surface area contributed by atoms with Crippen molar-refractivity contribution < 1.29 is 9.90 Å². The molecule has 1 fully saturated rings. The number of carboxylic acids is 1. The van der Waals surface area contributed by atoms with E-state index in [2.05, 4.69) is 4.98 Å². The monoisotopic (exact) mass is 276 g/mol. The summed E-state index contributed by atoms with van der Waals surface area (Å²) < 4.78 is 1.13. The Hall–Kier alpha value is -1.62. The molecular formula is C14H16N2O2S. The Labute approximate surface area is 115 Å². The lowest BCUT2D eigenvalue weighted by Crippen LogP contribution is -2.44. The number of carboxylic acid groups (broad SMARTS) is 1. The van der Waals surface area contributed by atoms with Gasteiger partial charge in [0.05, 0.1) is 10.2 Å². The Morgan fingerprint density at radius 1 is 1.47 bits per heavy atom. The van der Waals surface area contributed by atoms with Crippen molar-refractivity contribution in [3.63, 3.8) is 0 Å². The summed E-state index contributed by atoms with van der Waals surface area (Å²) in [6.45, 7) is 2.83. The van der Waals surface area contributed by atoms with E-state index in [1.807, 2.05) is 30.0 Å². The van der Waals surface area contributed by atoms with Crippen LogP contribution >= 0.6 is 11.3 Å². The second-order valence-electron chi connectivity index (χ2n) is 4.96. The van der Waals surface area contributed by atoms with Crippen LogP contribution in [0.1, 0.15) is 24.8 Å². The van der Waals surface area contributed by atoms with E-state index >= 15 is 0 Å². The van der Waals surface area contributed by atoms with Crippen LogP contribution in [0.15, 0.2) is 18.2 Å². The molecule has 2 aromatic rings. The lowest BCUT2D eigenvalue weighted by molar-refractivity contribution is -0.139. The molecule has 1 aromatic heterocycles. The molecule has 4 nitrogen and oxygen atoms in total. The third kappa shape index (κ3) is 2.18. The molecule has 0 saturated carbocycles. The van der Waals surface area contributed by atoms with Crippen LogP contribution < -0.4 is 4.90 Å². The number of benzene rings is 1. The summed E-state index contributed by atoms with van der Waals surface area (Å²) in [5.74, 6) is -0.740. The highest BCUT2D eigenvalue weighted by Gasteiger charge is 2.30. The molecule has 19 heavy (non-hydrogen) atoms. The van der Waals surface area contributed by atoms with Gasteiger partial charge in [-0.15, -0.1) is 0 Å². The van der Waals surface area contributed by atoms with E-state index in [4.69, 9.17) is 0 Å². The SMILES string of the molecule is Cc1cccc2sc(N3CCCCC3C(=O)O)nc12. The summed E-state index contributed by atoms with van der Waals surface area (Å²) in [6, 6.07) is 5.68. The molecule has 1 saturated heterocycles. The maximum atomic E-state index is 11.4. The van der Waals surface area contributed by atoms with Crippen LogP contribution in [-0.2, 0) is 4.79 Å². The van der Waals surface area contributed by atoms with Gasteiger partial charge in [-0.25, -0.2) is 9.78 Å². The summed E-state index contributed by atoms with van der Waals surface area (Å²) in [5, 5.41) is 10.2. The minimum atomic E-state index is -0.740. The van der Waals surface area contributed by atoms with Gasteiger partial charge in [0.1, 0.15) is 6.04 Å². The van der Waals surface area contributed by atoms with Gasteiger partial charge >= 0.3 is 5.97 Å². The Kier molecular flexibility index (Phi) is 3.14. The third-order valence-corrected chi connectivity index (χ3v) is 4.70. The summed E-state index contributed by atoms with van der Waals surface area (Å²) in [7, 11) is 0. The van der Waals surface area contributed by atoms with Crippen LogP contribution in [0, 0.1) is 6.92 Å². The van der Waals surface area contributed by atoms with Crippen molar-refractivity contribution in [3.8, 4) is 0 Å². The fourth-order valence-electron chi connectivity index (χ4n) is 2.61. The standard InChI is InChI=1S/C14H16N2O2S/c1-9-5-4-7-11-12(9)15-14(19-11)16-8-3-2-6-10(16)13(17)18/h4-5,7,10H,2-3,6,8H2,1H3,(H,17,18). The number of thiazole rings is 1. The highest BCUT2D eigenvalue weighted by Crippen LogP contribution is 2.33. The quantitative estimate of drug-likeness (QED) is 0.916. The summed E-state index contributed by atoms with van der Waals surface area (Å²) in [5.41, 5.74) is 2.14. The van der Waals surface area contributed by atoms with Crippen molar-refractivity contribution in [1.82, 2.24) is 4.98 Å².